The van der Waals surface area contributed by atoms with Crippen molar-refractivity contribution in [1.82, 2.24) is 0 Å². The molecular formula is C23H20N2O8S. The molecule has 11 heteroatoms. The minimum Gasteiger partial charge on any atom is -0.457 e. The number of ether oxygens (including phenoxy) is 2. The first-order chi connectivity index (χ1) is 16.0. The largest absolute Gasteiger partial charge is 0.457 e. The summed E-state index contributed by atoms with van der Waals surface area (Å²) in [5, 5.41) is 13.8. The van der Waals surface area contributed by atoms with E-state index in [0.29, 0.717) is 17.2 Å². The fourth-order valence-corrected chi connectivity index (χ4v) is 3.69. The Morgan fingerprint density at radius 2 is 1.59 bits per heavy atom. The third-order valence-electron chi connectivity index (χ3n) is 4.54. The Kier molecular flexibility index (Phi) is 7.27. The molecule has 0 fully saturated rings. The predicted molar refractivity (Wildman–Crippen MR) is 123 cm³/mol. The van der Waals surface area contributed by atoms with E-state index in [0.717, 1.165) is 24.5 Å². The van der Waals surface area contributed by atoms with Crippen molar-refractivity contribution in [3.05, 3.63) is 88.5 Å². The minimum absolute atomic E-state index is 0.263. The number of benzene rings is 3. The summed E-state index contributed by atoms with van der Waals surface area (Å²) in [5.41, 5.74) is -0.588. The van der Waals surface area contributed by atoms with E-state index in [2.05, 4.69) is 5.32 Å². The lowest BCUT2D eigenvalue weighted by molar-refractivity contribution is -0.387. The van der Waals surface area contributed by atoms with Gasteiger partial charge in [-0.15, -0.1) is 0 Å². The van der Waals surface area contributed by atoms with Crippen LogP contribution in [0.2, 0.25) is 0 Å². The average Bonchev–Trinajstić information content (AvgIpc) is 2.80. The average molecular weight is 484 g/mol. The van der Waals surface area contributed by atoms with Crippen molar-refractivity contribution in [1.29, 1.82) is 0 Å². The Morgan fingerprint density at radius 3 is 2.18 bits per heavy atom. The second-order valence-corrected chi connectivity index (χ2v) is 9.17. The number of anilines is 1. The maximum Gasteiger partial charge on any atom is 0.339 e. The van der Waals surface area contributed by atoms with Gasteiger partial charge in [0.25, 0.3) is 11.6 Å². The van der Waals surface area contributed by atoms with Crippen molar-refractivity contribution in [2.24, 2.45) is 0 Å². The first kappa shape index (κ1) is 24.4. The molecule has 3 aromatic rings. The molecule has 0 aliphatic heterocycles. The van der Waals surface area contributed by atoms with Crippen LogP contribution in [0.4, 0.5) is 11.4 Å². The molecule has 0 saturated carbocycles. The van der Waals surface area contributed by atoms with Gasteiger partial charge < -0.3 is 14.8 Å². The zero-order valence-corrected chi connectivity index (χ0v) is 18.9. The molecule has 1 N–H and O–H groups in total. The van der Waals surface area contributed by atoms with Crippen LogP contribution < -0.4 is 10.1 Å². The molecule has 10 nitrogen and oxygen atoms in total. The second-order valence-electron chi connectivity index (χ2n) is 7.19. The van der Waals surface area contributed by atoms with Crippen LogP contribution in [-0.4, -0.2) is 37.6 Å². The lowest BCUT2D eigenvalue weighted by atomic mass is 10.2. The minimum atomic E-state index is -3.88. The van der Waals surface area contributed by atoms with Crippen LogP contribution in [-0.2, 0) is 19.4 Å². The number of amides is 1. The van der Waals surface area contributed by atoms with E-state index >= 15 is 0 Å². The molecule has 0 aromatic heterocycles. The van der Waals surface area contributed by atoms with Gasteiger partial charge in [-0.3, -0.25) is 14.9 Å². The Hall–Kier alpha value is -4.25. The lowest BCUT2D eigenvalue weighted by Crippen LogP contribution is -2.30. The third kappa shape index (κ3) is 6.17. The Bertz CT molecular complexity index is 1320. The van der Waals surface area contributed by atoms with Crippen LogP contribution in [0.15, 0.2) is 77.7 Å². The number of nitrogens with one attached hydrogen (secondary N) is 1. The zero-order chi connectivity index (χ0) is 24.9. The second kappa shape index (κ2) is 10.1. The van der Waals surface area contributed by atoms with Gasteiger partial charge in [0.15, 0.2) is 15.9 Å². The molecule has 0 aliphatic rings. The number of nitro benzene ring substituents is 1. The Balaban J connectivity index is 1.63. The monoisotopic (exact) mass is 484 g/mol. The van der Waals surface area contributed by atoms with Gasteiger partial charge in [-0.25, -0.2) is 13.2 Å². The third-order valence-corrected chi connectivity index (χ3v) is 5.69. The highest BCUT2D eigenvalue weighted by atomic mass is 32.2. The molecular weight excluding hydrogens is 464 g/mol. The molecule has 3 aromatic carbocycles. The van der Waals surface area contributed by atoms with E-state index in [1.165, 1.54) is 6.92 Å². The summed E-state index contributed by atoms with van der Waals surface area (Å²) in [6.07, 6.45) is -0.415. The SMILES string of the molecule is C[C@H](OC(=O)c1ccc(S(C)(=O)=O)c([N+](=O)[O-])c1)C(=O)Nc1ccc(Oc2ccccc2)cc1. The summed E-state index contributed by atoms with van der Waals surface area (Å²) < 4.78 is 34.2. The summed E-state index contributed by atoms with van der Waals surface area (Å²) in [6, 6.07) is 18.5. The quantitative estimate of drug-likeness (QED) is 0.287. The maximum atomic E-state index is 12.4. The summed E-state index contributed by atoms with van der Waals surface area (Å²) in [4.78, 5) is 34.6. The summed E-state index contributed by atoms with van der Waals surface area (Å²) in [7, 11) is -3.88. The number of nitro groups is 1. The van der Waals surface area contributed by atoms with Gasteiger partial charge in [0.1, 0.15) is 16.4 Å². The van der Waals surface area contributed by atoms with Crippen LogP contribution in [0.25, 0.3) is 0 Å². The fourth-order valence-electron chi connectivity index (χ4n) is 2.86. The van der Waals surface area contributed by atoms with Gasteiger partial charge >= 0.3 is 5.97 Å². The topological polar surface area (TPSA) is 142 Å². The van der Waals surface area contributed by atoms with Crippen LogP contribution in [0.1, 0.15) is 17.3 Å². The predicted octanol–water partition coefficient (Wildman–Crippen LogP) is 3.97. The molecule has 1 atom stereocenters. The van der Waals surface area contributed by atoms with Gasteiger partial charge in [-0.1, -0.05) is 18.2 Å². The maximum absolute atomic E-state index is 12.4. The lowest BCUT2D eigenvalue weighted by Gasteiger charge is -2.14. The van der Waals surface area contributed by atoms with Crippen LogP contribution in [0, 0.1) is 10.1 Å². The molecule has 0 heterocycles. The summed E-state index contributed by atoms with van der Waals surface area (Å²) >= 11 is 0. The molecule has 0 saturated heterocycles. The highest BCUT2D eigenvalue weighted by Gasteiger charge is 2.26. The smallest absolute Gasteiger partial charge is 0.339 e. The molecule has 1 amide bonds. The first-order valence-electron chi connectivity index (χ1n) is 9.88. The molecule has 0 radical (unpaired) electrons. The fraction of sp³-hybridized carbons (Fsp3) is 0.130. The van der Waals surface area contributed by atoms with Crippen molar-refractivity contribution in [3.63, 3.8) is 0 Å². The molecule has 0 aliphatic carbocycles. The number of nitrogens with zero attached hydrogens (tertiary/aromatic N) is 1. The molecule has 0 unspecified atom stereocenters. The standard InChI is InChI=1S/C23H20N2O8S/c1-15(32-23(27)16-8-13-21(34(2,30)31)20(14-16)25(28)29)22(26)24-17-9-11-19(12-10-17)33-18-6-4-3-5-7-18/h3-15H,1-2H3,(H,24,26)/t15-/m0/s1. The molecule has 0 bridgehead atoms. The van der Waals surface area contributed by atoms with Crippen molar-refractivity contribution in [2.75, 3.05) is 11.6 Å². The number of para-hydroxylation sites is 1. The van der Waals surface area contributed by atoms with Crippen molar-refractivity contribution >= 4 is 33.1 Å². The van der Waals surface area contributed by atoms with E-state index in [9.17, 15) is 28.1 Å². The normalized spacial score (nSPS) is 11.8. The van der Waals surface area contributed by atoms with Crippen LogP contribution >= 0.6 is 0 Å². The van der Waals surface area contributed by atoms with Crippen LogP contribution in [0.3, 0.4) is 0 Å². The van der Waals surface area contributed by atoms with Crippen molar-refractivity contribution in [2.45, 2.75) is 17.9 Å². The van der Waals surface area contributed by atoms with Crippen LogP contribution in [0.5, 0.6) is 11.5 Å². The Morgan fingerprint density at radius 1 is 0.971 bits per heavy atom. The van der Waals surface area contributed by atoms with E-state index in [-0.39, 0.29) is 5.56 Å². The number of hydrogen-bond donors (Lipinski definition) is 1. The molecule has 176 valence electrons. The molecule has 3 rings (SSSR count). The number of rotatable bonds is 8. The molecule has 0 spiro atoms. The van der Waals surface area contributed by atoms with Gasteiger partial charge in [0.2, 0.25) is 0 Å². The number of esters is 1. The van der Waals surface area contributed by atoms with Gasteiger partial charge in [0, 0.05) is 18.0 Å². The van der Waals surface area contributed by atoms with Gasteiger partial charge in [0.05, 0.1) is 10.5 Å². The highest BCUT2D eigenvalue weighted by Crippen LogP contribution is 2.26. The van der Waals surface area contributed by atoms with E-state index in [1.807, 2.05) is 18.2 Å². The highest BCUT2D eigenvalue weighted by molar-refractivity contribution is 7.90. The van der Waals surface area contributed by atoms with Gasteiger partial charge in [-0.05, 0) is 55.5 Å². The molecule has 34 heavy (non-hydrogen) atoms. The number of sulfone groups is 1. The van der Waals surface area contributed by atoms with E-state index in [1.54, 1.807) is 36.4 Å². The van der Waals surface area contributed by atoms with E-state index < -0.39 is 43.3 Å². The number of hydrogen-bond acceptors (Lipinski definition) is 8. The van der Waals surface area contributed by atoms with Crippen molar-refractivity contribution in [3.8, 4) is 11.5 Å². The van der Waals surface area contributed by atoms with Crippen molar-refractivity contribution < 1.29 is 32.4 Å². The zero-order valence-electron chi connectivity index (χ0n) is 18.1. The first-order valence-corrected chi connectivity index (χ1v) is 11.8. The number of carbonyl (C=O) groups is 2. The Labute approximate surface area is 195 Å². The summed E-state index contributed by atoms with van der Waals surface area (Å²) in [5.74, 6) is -0.433. The van der Waals surface area contributed by atoms with Gasteiger partial charge in [-0.2, -0.15) is 0 Å². The number of carbonyl (C=O) groups excluding carboxylic acids is 2. The summed E-state index contributed by atoms with van der Waals surface area (Å²) in [6.45, 7) is 1.33. The van der Waals surface area contributed by atoms with E-state index in [4.69, 9.17) is 9.47 Å².